The van der Waals surface area contributed by atoms with Crippen molar-refractivity contribution in [2.24, 2.45) is 15.9 Å². The van der Waals surface area contributed by atoms with Gasteiger partial charge < -0.3 is 0 Å². The minimum atomic E-state index is -0.647. The third-order valence-electron chi connectivity index (χ3n) is 4.65. The third-order valence-corrected chi connectivity index (χ3v) is 6.61. The smallest absolute Gasteiger partial charge is 0.255 e. The molecule has 142 valence electrons. The Bertz CT molecular complexity index is 1050. The summed E-state index contributed by atoms with van der Waals surface area (Å²) in [7, 11) is 3.15. The molecule has 0 bridgehead atoms. The number of hydrogen-bond donors (Lipinski definition) is 0. The van der Waals surface area contributed by atoms with E-state index < -0.39 is 5.92 Å². The van der Waals surface area contributed by atoms with Crippen molar-refractivity contribution in [3.05, 3.63) is 57.8 Å². The van der Waals surface area contributed by atoms with Gasteiger partial charge in [0, 0.05) is 5.75 Å². The van der Waals surface area contributed by atoms with Crippen molar-refractivity contribution >= 4 is 51.8 Å². The number of rotatable bonds is 3. The maximum absolute atomic E-state index is 12.9. The van der Waals surface area contributed by atoms with E-state index in [1.54, 1.807) is 7.05 Å². The number of thioether (sulfide) groups is 1. The second-order valence-corrected chi connectivity index (χ2v) is 8.61. The number of fused-ring (bicyclic) bond motifs is 1. The number of amides is 3. The first kappa shape index (κ1) is 18.8. The van der Waals surface area contributed by atoms with Crippen LogP contribution in [0.15, 0.2) is 51.8 Å². The summed E-state index contributed by atoms with van der Waals surface area (Å²) in [6.07, 6.45) is 0. The van der Waals surface area contributed by atoms with Gasteiger partial charge in [-0.15, -0.1) is 23.1 Å². The van der Waals surface area contributed by atoms with Crippen LogP contribution in [-0.2, 0) is 10.5 Å². The molecule has 0 spiro atoms. The Morgan fingerprint density at radius 2 is 2.04 bits per heavy atom. The van der Waals surface area contributed by atoms with Gasteiger partial charge in [-0.05, 0) is 23.9 Å². The van der Waals surface area contributed by atoms with Gasteiger partial charge in [-0.3, -0.25) is 4.79 Å². The Morgan fingerprint density at radius 1 is 1.21 bits per heavy atom. The zero-order valence-corrected chi connectivity index (χ0v) is 17.4. The normalized spacial score (nSPS) is 19.5. The van der Waals surface area contributed by atoms with Crippen LogP contribution >= 0.6 is 23.1 Å². The summed E-state index contributed by atoms with van der Waals surface area (Å²) in [5, 5.41) is 2.63. The molecule has 1 aromatic carbocycles. The van der Waals surface area contributed by atoms with Gasteiger partial charge in [-0.1, -0.05) is 40.9 Å². The first-order valence-electron chi connectivity index (χ1n) is 8.77. The lowest BCUT2D eigenvalue weighted by atomic mass is 10.0. The number of urea groups is 1. The number of nitrogens with zero attached hydrogens (tertiary/aromatic N) is 4. The molecule has 2 aliphatic heterocycles. The lowest BCUT2D eigenvalue weighted by Crippen LogP contribution is -2.54. The highest BCUT2D eigenvalue weighted by molar-refractivity contribution is 8.13. The minimum Gasteiger partial charge on any atom is -0.255 e. The fraction of sp³-hybridized carbons (Fsp3) is 0.250. The number of benzene rings is 1. The number of imide groups is 1. The fourth-order valence-corrected chi connectivity index (χ4v) is 4.84. The molecule has 0 fully saturated rings. The molecule has 1 atom stereocenters. The second-order valence-electron chi connectivity index (χ2n) is 6.67. The van der Waals surface area contributed by atoms with Crippen LogP contribution in [0.25, 0.3) is 0 Å². The van der Waals surface area contributed by atoms with E-state index in [1.165, 1.54) is 40.3 Å². The van der Waals surface area contributed by atoms with Crippen LogP contribution in [-0.4, -0.2) is 52.2 Å². The largest absolute Gasteiger partial charge is 0.445 e. The quantitative estimate of drug-likeness (QED) is 0.727. The molecular formula is C20H19N4O2S2+. The topological polar surface area (TPSA) is 65.1 Å². The van der Waals surface area contributed by atoms with Crippen molar-refractivity contribution < 1.29 is 14.2 Å². The van der Waals surface area contributed by atoms with Gasteiger partial charge in [0.05, 0.1) is 19.0 Å². The van der Waals surface area contributed by atoms with Gasteiger partial charge in [0.15, 0.2) is 5.92 Å². The van der Waals surface area contributed by atoms with E-state index in [0.29, 0.717) is 22.5 Å². The van der Waals surface area contributed by atoms with Crippen molar-refractivity contribution in [3.63, 3.8) is 0 Å². The molecule has 1 aromatic heterocycles. The van der Waals surface area contributed by atoms with E-state index in [9.17, 15) is 9.59 Å². The molecule has 1 unspecified atom stereocenters. The molecule has 0 saturated heterocycles. The van der Waals surface area contributed by atoms with Crippen LogP contribution in [0.4, 0.5) is 4.79 Å². The van der Waals surface area contributed by atoms with Crippen LogP contribution in [0.1, 0.15) is 16.0 Å². The molecule has 0 aliphatic carbocycles. The Kier molecular flexibility index (Phi) is 4.99. The van der Waals surface area contributed by atoms with Crippen molar-refractivity contribution in [2.75, 3.05) is 14.1 Å². The van der Waals surface area contributed by atoms with E-state index >= 15 is 0 Å². The molecule has 0 N–H and O–H groups in total. The van der Waals surface area contributed by atoms with Gasteiger partial charge in [0.2, 0.25) is 5.84 Å². The average Bonchev–Trinajstić information content (AvgIpc) is 3.23. The lowest BCUT2D eigenvalue weighted by Gasteiger charge is -2.26. The van der Waals surface area contributed by atoms with Crippen molar-refractivity contribution in [1.82, 2.24) is 4.90 Å². The van der Waals surface area contributed by atoms with Gasteiger partial charge in [0.1, 0.15) is 5.04 Å². The number of carbonyl (C=O) groups excluding carboxylic acids is 2. The molecule has 8 heteroatoms. The van der Waals surface area contributed by atoms with Crippen LogP contribution in [0.3, 0.4) is 0 Å². The first-order valence-corrected chi connectivity index (χ1v) is 10.6. The van der Waals surface area contributed by atoms with Crippen molar-refractivity contribution in [2.45, 2.75) is 12.7 Å². The summed E-state index contributed by atoms with van der Waals surface area (Å²) in [5.74, 6) is 0.744. The molecular weight excluding hydrogens is 392 g/mol. The van der Waals surface area contributed by atoms with Crippen LogP contribution in [0.5, 0.6) is 0 Å². The zero-order valence-electron chi connectivity index (χ0n) is 15.7. The Hall–Kier alpha value is -2.58. The third kappa shape index (κ3) is 3.33. The summed E-state index contributed by atoms with van der Waals surface area (Å²) in [4.78, 5) is 36.6. The number of carbonyl (C=O) groups is 2. The monoisotopic (exact) mass is 411 g/mol. The summed E-state index contributed by atoms with van der Waals surface area (Å²) in [6.45, 7) is 2.06. The summed E-state index contributed by atoms with van der Waals surface area (Å²) in [6, 6.07) is 11.8. The van der Waals surface area contributed by atoms with Gasteiger partial charge in [-0.2, -0.15) is 9.48 Å². The predicted molar refractivity (Wildman–Crippen MR) is 114 cm³/mol. The summed E-state index contributed by atoms with van der Waals surface area (Å²) >= 11 is 3.05. The molecule has 2 aliphatic rings. The maximum Gasteiger partial charge on any atom is 0.445 e. The lowest BCUT2D eigenvalue weighted by molar-refractivity contribution is -0.407. The Labute approximate surface area is 171 Å². The summed E-state index contributed by atoms with van der Waals surface area (Å²) < 4.78 is 1.45. The number of aryl methyl sites for hydroxylation is 1. The Balaban J connectivity index is 1.75. The molecule has 2 aromatic rings. The SMILES string of the molecule is Cc1cccc(CSC2=NC(c3cccs3)=NC3=[N+](C)C(=O)N(C)C(=O)C23)c1. The highest BCUT2D eigenvalue weighted by Crippen LogP contribution is 2.29. The standard InChI is InChI=1S/C20H19N4O2S2/c1-12-6-4-7-13(10-12)11-28-18-15-17(23(2)20(26)24(3)19(15)25)21-16(22-18)14-8-5-9-27-14/h4-10,15H,11H2,1-3H3/q+1. The van der Waals surface area contributed by atoms with E-state index in [4.69, 9.17) is 4.99 Å². The predicted octanol–water partition coefficient (Wildman–Crippen LogP) is 3.40. The Morgan fingerprint density at radius 3 is 2.75 bits per heavy atom. The minimum absolute atomic E-state index is 0.289. The van der Waals surface area contributed by atoms with E-state index in [2.05, 4.69) is 30.1 Å². The summed E-state index contributed by atoms with van der Waals surface area (Å²) in [5.41, 5.74) is 2.35. The second kappa shape index (κ2) is 7.44. The first-order chi connectivity index (χ1) is 13.5. The van der Waals surface area contributed by atoms with Gasteiger partial charge in [-0.25, -0.2) is 9.79 Å². The van der Waals surface area contributed by atoms with E-state index in [1.807, 2.05) is 23.6 Å². The maximum atomic E-state index is 12.9. The van der Waals surface area contributed by atoms with Gasteiger partial charge >= 0.3 is 11.9 Å². The number of amidine groups is 2. The van der Waals surface area contributed by atoms with Crippen LogP contribution in [0.2, 0.25) is 0 Å². The highest BCUT2D eigenvalue weighted by Gasteiger charge is 2.49. The molecule has 0 radical (unpaired) electrons. The van der Waals surface area contributed by atoms with E-state index in [-0.39, 0.29) is 11.9 Å². The molecule has 3 amide bonds. The van der Waals surface area contributed by atoms with Crippen molar-refractivity contribution in [3.8, 4) is 0 Å². The molecule has 3 heterocycles. The van der Waals surface area contributed by atoms with Gasteiger partial charge in [0.25, 0.3) is 5.84 Å². The number of aliphatic imine (C=N–C) groups is 2. The molecule has 0 saturated carbocycles. The number of hydrogen-bond acceptors (Lipinski definition) is 6. The average molecular weight is 412 g/mol. The molecule has 4 rings (SSSR count). The molecule has 28 heavy (non-hydrogen) atoms. The van der Waals surface area contributed by atoms with Crippen LogP contribution < -0.4 is 0 Å². The fourth-order valence-electron chi connectivity index (χ4n) is 3.16. The van der Waals surface area contributed by atoms with E-state index in [0.717, 1.165) is 15.3 Å². The zero-order chi connectivity index (χ0) is 19.8. The van der Waals surface area contributed by atoms with Crippen molar-refractivity contribution in [1.29, 1.82) is 0 Å². The van der Waals surface area contributed by atoms with Crippen LogP contribution in [0, 0.1) is 12.8 Å². The number of thiophene rings is 1. The molecule has 6 nitrogen and oxygen atoms in total. The highest BCUT2D eigenvalue weighted by atomic mass is 32.2.